The zero-order valence-corrected chi connectivity index (χ0v) is 14.7. The summed E-state index contributed by atoms with van der Waals surface area (Å²) in [6.07, 6.45) is -2.49. The minimum Gasteiger partial charge on any atom is -0.457 e. The molecule has 0 amide bonds. The molecule has 6 heteroatoms. The van der Waals surface area contributed by atoms with Crippen LogP contribution in [0.1, 0.15) is 18.0 Å². The number of hydrogen-bond donors (Lipinski definition) is 1. The number of halogens is 3. The van der Waals surface area contributed by atoms with Gasteiger partial charge >= 0.3 is 0 Å². The second kappa shape index (κ2) is 9.70. The van der Waals surface area contributed by atoms with E-state index in [1.807, 2.05) is 54.6 Å². The summed E-state index contributed by atoms with van der Waals surface area (Å²) in [7, 11) is 0. The minimum absolute atomic E-state index is 0. The van der Waals surface area contributed by atoms with Crippen molar-refractivity contribution >= 4 is 12.4 Å². The van der Waals surface area contributed by atoms with Crippen LogP contribution in [0.15, 0.2) is 54.6 Å². The number of nitrogens with one attached hydrogen (secondary N) is 1. The molecule has 2 aromatic rings. The average Bonchev–Trinajstić information content (AvgIpc) is 2.61. The van der Waals surface area contributed by atoms with Crippen LogP contribution in [0.3, 0.4) is 0 Å². The molecule has 1 atom stereocenters. The van der Waals surface area contributed by atoms with Gasteiger partial charge < -0.3 is 10.1 Å². The van der Waals surface area contributed by atoms with Crippen molar-refractivity contribution in [3.05, 3.63) is 60.2 Å². The molecule has 0 saturated carbocycles. The lowest BCUT2D eigenvalue weighted by Gasteiger charge is -2.35. The normalized spacial score (nSPS) is 16.3. The van der Waals surface area contributed by atoms with Crippen LogP contribution in [0, 0.1) is 0 Å². The summed E-state index contributed by atoms with van der Waals surface area (Å²) in [6.45, 7) is 3.22. The maximum atomic E-state index is 13.1. The zero-order valence-electron chi connectivity index (χ0n) is 13.9. The van der Waals surface area contributed by atoms with Gasteiger partial charge in [-0.15, -0.1) is 12.4 Å². The van der Waals surface area contributed by atoms with Gasteiger partial charge in [-0.2, -0.15) is 0 Å². The summed E-state index contributed by atoms with van der Waals surface area (Å²) in [5.74, 6) is 1.41. The lowest BCUT2D eigenvalue weighted by molar-refractivity contribution is 0.0738. The molecule has 1 fully saturated rings. The fourth-order valence-electron chi connectivity index (χ4n) is 3.07. The summed E-state index contributed by atoms with van der Waals surface area (Å²) in [5, 5.41) is 3.26. The molecule has 0 aromatic heterocycles. The average molecular weight is 369 g/mol. The van der Waals surface area contributed by atoms with Gasteiger partial charge in [0, 0.05) is 38.6 Å². The minimum atomic E-state index is -2.33. The predicted molar refractivity (Wildman–Crippen MR) is 98.0 cm³/mol. The first-order valence-electron chi connectivity index (χ1n) is 8.28. The first kappa shape index (κ1) is 19.6. The smallest absolute Gasteiger partial charge is 0.240 e. The van der Waals surface area contributed by atoms with E-state index in [2.05, 4.69) is 10.2 Å². The van der Waals surface area contributed by atoms with Crippen LogP contribution in [0.2, 0.25) is 0 Å². The molecule has 3 rings (SSSR count). The number of hydrogen-bond acceptors (Lipinski definition) is 3. The summed E-state index contributed by atoms with van der Waals surface area (Å²) in [6, 6.07) is 16.7. The first-order chi connectivity index (χ1) is 11.7. The SMILES string of the molecule is Cl.FC(F)C[C@@H](c1cccc(Oc2ccccc2)c1)N1CCNCC1. The molecule has 0 unspecified atom stereocenters. The molecule has 1 heterocycles. The van der Waals surface area contributed by atoms with Crippen LogP contribution >= 0.6 is 12.4 Å². The highest BCUT2D eigenvalue weighted by molar-refractivity contribution is 5.85. The van der Waals surface area contributed by atoms with Crippen molar-refractivity contribution in [3.63, 3.8) is 0 Å². The van der Waals surface area contributed by atoms with Crippen molar-refractivity contribution in [2.24, 2.45) is 0 Å². The van der Waals surface area contributed by atoms with Crippen molar-refractivity contribution in [3.8, 4) is 11.5 Å². The molecule has 1 saturated heterocycles. The Balaban J connectivity index is 0.00000225. The highest BCUT2D eigenvalue weighted by Crippen LogP contribution is 2.31. The van der Waals surface area contributed by atoms with Crippen molar-refractivity contribution in [1.29, 1.82) is 0 Å². The van der Waals surface area contributed by atoms with Gasteiger partial charge in [0.1, 0.15) is 11.5 Å². The zero-order chi connectivity index (χ0) is 16.8. The summed E-state index contributed by atoms with van der Waals surface area (Å²) in [4.78, 5) is 2.13. The molecule has 3 nitrogen and oxygen atoms in total. The van der Waals surface area contributed by atoms with Crippen LogP contribution in [0.25, 0.3) is 0 Å². The molecule has 2 aromatic carbocycles. The molecule has 1 aliphatic heterocycles. The number of nitrogens with zero attached hydrogens (tertiary/aromatic N) is 1. The monoisotopic (exact) mass is 368 g/mol. The Morgan fingerprint density at radius 2 is 1.64 bits per heavy atom. The van der Waals surface area contributed by atoms with Gasteiger partial charge in [0.05, 0.1) is 0 Å². The van der Waals surface area contributed by atoms with Gasteiger partial charge in [-0.05, 0) is 29.8 Å². The molecular weight excluding hydrogens is 346 g/mol. The maximum absolute atomic E-state index is 13.1. The predicted octanol–water partition coefficient (Wildman–Crippen LogP) is 4.50. The maximum Gasteiger partial charge on any atom is 0.240 e. The van der Waals surface area contributed by atoms with Crippen molar-refractivity contribution < 1.29 is 13.5 Å². The summed E-state index contributed by atoms with van der Waals surface area (Å²) >= 11 is 0. The number of rotatable bonds is 6. The highest BCUT2D eigenvalue weighted by atomic mass is 35.5. The third kappa shape index (κ3) is 5.66. The van der Waals surface area contributed by atoms with E-state index in [1.165, 1.54) is 0 Å². The topological polar surface area (TPSA) is 24.5 Å². The Bertz CT molecular complexity index is 636. The molecule has 25 heavy (non-hydrogen) atoms. The van der Waals surface area contributed by atoms with Crippen molar-refractivity contribution in [2.75, 3.05) is 26.2 Å². The van der Waals surface area contributed by atoms with E-state index < -0.39 is 6.43 Å². The van der Waals surface area contributed by atoms with Gasteiger partial charge in [0.15, 0.2) is 0 Å². The van der Waals surface area contributed by atoms with Crippen LogP contribution in [0.5, 0.6) is 11.5 Å². The van der Waals surface area contributed by atoms with E-state index in [1.54, 1.807) is 0 Å². The van der Waals surface area contributed by atoms with E-state index in [4.69, 9.17) is 4.74 Å². The standard InChI is InChI=1S/C19H22F2N2O.ClH/c20-19(21)14-18(23-11-9-22-10-12-23)15-5-4-8-17(13-15)24-16-6-2-1-3-7-16;/h1-8,13,18-19,22H,9-12,14H2;1H/t18-;/m0./s1. The van der Waals surface area contributed by atoms with Crippen LogP contribution in [-0.4, -0.2) is 37.5 Å². The van der Waals surface area contributed by atoms with E-state index in [0.717, 1.165) is 37.5 Å². The first-order valence-corrected chi connectivity index (χ1v) is 8.28. The van der Waals surface area contributed by atoms with Gasteiger partial charge in [-0.1, -0.05) is 30.3 Å². The Morgan fingerprint density at radius 1 is 0.960 bits per heavy atom. The molecule has 0 aliphatic carbocycles. The van der Waals surface area contributed by atoms with E-state index in [0.29, 0.717) is 5.75 Å². The lowest BCUT2D eigenvalue weighted by atomic mass is 10.0. The third-order valence-electron chi connectivity index (χ3n) is 4.22. The van der Waals surface area contributed by atoms with E-state index in [9.17, 15) is 8.78 Å². The van der Waals surface area contributed by atoms with Crippen LogP contribution in [-0.2, 0) is 0 Å². The van der Waals surface area contributed by atoms with Crippen molar-refractivity contribution in [1.82, 2.24) is 10.2 Å². The molecule has 1 N–H and O–H groups in total. The fraction of sp³-hybridized carbons (Fsp3) is 0.368. The Hall–Kier alpha value is -1.69. The van der Waals surface area contributed by atoms with Gasteiger partial charge in [0.2, 0.25) is 6.43 Å². The van der Waals surface area contributed by atoms with Gasteiger partial charge in [0.25, 0.3) is 0 Å². The largest absolute Gasteiger partial charge is 0.457 e. The van der Waals surface area contributed by atoms with E-state index >= 15 is 0 Å². The Morgan fingerprint density at radius 3 is 2.32 bits per heavy atom. The number of ether oxygens (including phenoxy) is 1. The second-order valence-electron chi connectivity index (χ2n) is 5.92. The number of piperazine rings is 1. The molecular formula is C19H23ClF2N2O. The number of para-hydroxylation sites is 1. The van der Waals surface area contributed by atoms with Crippen molar-refractivity contribution in [2.45, 2.75) is 18.9 Å². The third-order valence-corrected chi connectivity index (χ3v) is 4.22. The molecule has 1 aliphatic rings. The van der Waals surface area contributed by atoms with Crippen LogP contribution < -0.4 is 10.1 Å². The fourth-order valence-corrected chi connectivity index (χ4v) is 3.07. The molecule has 0 bridgehead atoms. The van der Waals surface area contributed by atoms with Crippen LogP contribution in [0.4, 0.5) is 8.78 Å². The lowest BCUT2D eigenvalue weighted by Crippen LogP contribution is -2.45. The highest BCUT2D eigenvalue weighted by Gasteiger charge is 2.25. The number of alkyl halides is 2. The Labute approximate surface area is 153 Å². The molecule has 0 radical (unpaired) electrons. The van der Waals surface area contributed by atoms with E-state index in [-0.39, 0.29) is 24.9 Å². The van der Waals surface area contributed by atoms with Gasteiger partial charge in [-0.3, -0.25) is 4.90 Å². The molecule has 0 spiro atoms. The number of benzene rings is 2. The second-order valence-corrected chi connectivity index (χ2v) is 5.92. The molecule has 136 valence electrons. The quantitative estimate of drug-likeness (QED) is 0.812. The Kier molecular flexibility index (Phi) is 7.62. The summed E-state index contributed by atoms with van der Waals surface area (Å²) in [5.41, 5.74) is 0.880. The summed E-state index contributed by atoms with van der Waals surface area (Å²) < 4.78 is 32.0. The van der Waals surface area contributed by atoms with Gasteiger partial charge in [-0.25, -0.2) is 8.78 Å².